The zero-order valence-corrected chi connectivity index (χ0v) is 16.3. The number of H-pyrrole nitrogens is 1. The first kappa shape index (κ1) is 18.2. The van der Waals surface area contributed by atoms with E-state index in [0.29, 0.717) is 12.1 Å². The van der Waals surface area contributed by atoms with Crippen LogP contribution in [0.2, 0.25) is 0 Å². The number of para-hydroxylation sites is 1. The van der Waals surface area contributed by atoms with Gasteiger partial charge in [0.25, 0.3) is 0 Å². The van der Waals surface area contributed by atoms with Gasteiger partial charge in [-0.1, -0.05) is 48.5 Å². The maximum atomic E-state index is 14.3. The fourth-order valence-electron chi connectivity index (χ4n) is 3.77. The lowest BCUT2D eigenvalue weighted by Crippen LogP contribution is -2.08. The minimum absolute atomic E-state index is 0.226. The Labute approximate surface area is 174 Å². The zero-order valence-electron chi connectivity index (χ0n) is 16.3. The Morgan fingerprint density at radius 1 is 0.967 bits per heavy atom. The van der Waals surface area contributed by atoms with Crippen LogP contribution in [0.4, 0.5) is 10.1 Å². The summed E-state index contributed by atoms with van der Waals surface area (Å²) in [6.45, 7) is 1.33. The lowest BCUT2D eigenvalue weighted by Gasteiger charge is -2.12. The second-order valence-corrected chi connectivity index (χ2v) is 7.29. The predicted molar refractivity (Wildman–Crippen MR) is 119 cm³/mol. The quantitative estimate of drug-likeness (QED) is 0.379. The normalized spacial score (nSPS) is 11.1. The van der Waals surface area contributed by atoms with Gasteiger partial charge in [-0.05, 0) is 40.8 Å². The number of rotatable bonds is 6. The maximum absolute atomic E-state index is 14.3. The number of anilines is 1. The van der Waals surface area contributed by atoms with Gasteiger partial charge in [-0.3, -0.25) is 0 Å². The molecular weight excluding hydrogens is 375 g/mol. The maximum Gasteiger partial charge on any atom is 0.131 e. The lowest BCUT2D eigenvalue weighted by molar-refractivity contribution is 0.631. The van der Waals surface area contributed by atoms with E-state index in [0.717, 1.165) is 29.0 Å². The third-order valence-electron chi connectivity index (χ3n) is 5.34. The number of nitrogens with zero attached hydrogens (tertiary/aromatic N) is 2. The number of hydrogen-bond acceptors (Lipinski definition) is 2. The van der Waals surface area contributed by atoms with Crippen molar-refractivity contribution in [1.29, 1.82) is 0 Å². The third kappa shape index (κ3) is 3.57. The summed E-state index contributed by atoms with van der Waals surface area (Å²) in [6.07, 6.45) is 5.67. The number of hydrogen-bond donors (Lipinski definition) is 2. The first-order valence-corrected chi connectivity index (χ1v) is 9.91. The number of imidazole rings is 1. The summed E-state index contributed by atoms with van der Waals surface area (Å²) in [7, 11) is 0. The van der Waals surface area contributed by atoms with Crippen molar-refractivity contribution in [3.63, 3.8) is 0 Å². The Morgan fingerprint density at radius 3 is 2.77 bits per heavy atom. The van der Waals surface area contributed by atoms with E-state index in [1.807, 2.05) is 55.1 Å². The van der Waals surface area contributed by atoms with Crippen LogP contribution in [0.15, 0.2) is 91.5 Å². The van der Waals surface area contributed by atoms with Gasteiger partial charge in [0.1, 0.15) is 5.82 Å². The number of nitrogens with one attached hydrogen (secondary N) is 2. The molecule has 0 radical (unpaired) electrons. The molecule has 5 heteroatoms. The topological polar surface area (TPSA) is 45.6 Å². The van der Waals surface area contributed by atoms with Gasteiger partial charge in [0.2, 0.25) is 0 Å². The second kappa shape index (κ2) is 7.87. The van der Waals surface area contributed by atoms with Crippen LogP contribution in [0, 0.1) is 5.82 Å². The molecule has 2 N–H and O–H groups in total. The summed E-state index contributed by atoms with van der Waals surface area (Å²) >= 11 is 0. The molecule has 0 aliphatic rings. The van der Waals surface area contributed by atoms with E-state index in [2.05, 4.69) is 44.1 Å². The molecule has 0 amide bonds. The average molecular weight is 396 g/mol. The first-order chi connectivity index (χ1) is 14.8. The second-order valence-electron chi connectivity index (χ2n) is 7.29. The van der Waals surface area contributed by atoms with Crippen LogP contribution in [0.3, 0.4) is 0 Å². The number of aromatic nitrogens is 3. The lowest BCUT2D eigenvalue weighted by atomic mass is 10.0. The smallest absolute Gasteiger partial charge is 0.131 e. The molecule has 0 saturated carbocycles. The Hall–Kier alpha value is -3.86. The number of halogens is 1. The van der Waals surface area contributed by atoms with E-state index in [9.17, 15) is 4.39 Å². The van der Waals surface area contributed by atoms with Crippen molar-refractivity contribution in [1.82, 2.24) is 14.5 Å². The van der Waals surface area contributed by atoms with Crippen LogP contribution in [0.5, 0.6) is 0 Å². The number of fused-ring (bicyclic) bond motifs is 1. The minimum Gasteiger partial charge on any atom is -0.379 e. The molecule has 0 aliphatic heterocycles. The molecule has 0 unspecified atom stereocenters. The van der Waals surface area contributed by atoms with Gasteiger partial charge in [-0.15, -0.1) is 0 Å². The van der Waals surface area contributed by atoms with Gasteiger partial charge in [-0.2, -0.15) is 0 Å². The highest BCUT2D eigenvalue weighted by Gasteiger charge is 2.09. The van der Waals surface area contributed by atoms with E-state index >= 15 is 0 Å². The summed E-state index contributed by atoms with van der Waals surface area (Å²) in [5.41, 5.74) is 5.75. The summed E-state index contributed by atoms with van der Waals surface area (Å²) in [4.78, 5) is 7.65. The molecule has 0 saturated heterocycles. The Balaban J connectivity index is 1.35. The molecular formula is C25H21FN4. The van der Waals surface area contributed by atoms with Crippen molar-refractivity contribution >= 4 is 16.6 Å². The molecule has 0 spiro atoms. The molecule has 4 nitrogen and oxygen atoms in total. The van der Waals surface area contributed by atoms with Crippen molar-refractivity contribution < 1.29 is 4.39 Å². The third-order valence-corrected chi connectivity index (χ3v) is 5.34. The van der Waals surface area contributed by atoms with Gasteiger partial charge >= 0.3 is 0 Å². The van der Waals surface area contributed by atoms with Gasteiger partial charge in [0.15, 0.2) is 0 Å². The number of aromatic amines is 1. The molecule has 3 aromatic carbocycles. The number of benzene rings is 3. The van der Waals surface area contributed by atoms with Gasteiger partial charge in [0, 0.05) is 23.6 Å². The van der Waals surface area contributed by atoms with Gasteiger partial charge in [-0.25, -0.2) is 9.37 Å². The summed E-state index contributed by atoms with van der Waals surface area (Å²) in [5.74, 6) is -0.226. The highest BCUT2D eigenvalue weighted by molar-refractivity contribution is 5.82. The van der Waals surface area contributed by atoms with Crippen molar-refractivity contribution in [2.75, 3.05) is 5.32 Å². The van der Waals surface area contributed by atoms with Crippen molar-refractivity contribution in [3.05, 3.63) is 109 Å². The van der Waals surface area contributed by atoms with E-state index in [1.54, 1.807) is 6.07 Å². The van der Waals surface area contributed by atoms with Gasteiger partial charge < -0.3 is 14.9 Å². The highest BCUT2D eigenvalue weighted by Crippen LogP contribution is 2.26. The van der Waals surface area contributed by atoms with Crippen LogP contribution in [-0.4, -0.2) is 14.5 Å². The Morgan fingerprint density at radius 2 is 1.87 bits per heavy atom. The van der Waals surface area contributed by atoms with Crippen molar-refractivity contribution in [2.24, 2.45) is 0 Å². The zero-order chi connectivity index (χ0) is 20.3. The molecule has 0 atom stereocenters. The summed E-state index contributed by atoms with van der Waals surface area (Å²) in [6, 6.07) is 23.1. The van der Waals surface area contributed by atoms with Crippen LogP contribution in [-0.2, 0) is 13.1 Å². The van der Waals surface area contributed by atoms with Crippen molar-refractivity contribution in [2.45, 2.75) is 13.1 Å². The van der Waals surface area contributed by atoms with E-state index < -0.39 is 0 Å². The van der Waals surface area contributed by atoms with Crippen LogP contribution < -0.4 is 5.32 Å². The standard InChI is InChI=1S/C25H21FN4/c26-24-10-9-21(13-23(24)18-5-2-1-3-6-18)29-15-22-14-27-17-30(22)16-20-8-4-7-19-11-12-28-25(19)20/h1-14,17,28-29H,15-16H2. The fraction of sp³-hybridized carbons (Fsp3) is 0.0800. The molecule has 5 aromatic rings. The summed E-state index contributed by atoms with van der Waals surface area (Å²) < 4.78 is 16.5. The SMILES string of the molecule is Fc1ccc(NCc2cncn2Cc2cccc3cc[nH]c23)cc1-c1ccccc1. The van der Waals surface area contributed by atoms with Crippen LogP contribution in [0.25, 0.3) is 22.0 Å². The van der Waals surface area contributed by atoms with E-state index in [4.69, 9.17) is 0 Å². The minimum atomic E-state index is -0.226. The summed E-state index contributed by atoms with van der Waals surface area (Å²) in [5, 5.41) is 4.61. The molecule has 0 bridgehead atoms. The monoisotopic (exact) mass is 396 g/mol. The fourth-order valence-corrected chi connectivity index (χ4v) is 3.77. The molecule has 30 heavy (non-hydrogen) atoms. The van der Waals surface area contributed by atoms with Crippen molar-refractivity contribution in [3.8, 4) is 11.1 Å². The van der Waals surface area contributed by atoms with Gasteiger partial charge in [0.05, 0.1) is 30.6 Å². The Bertz CT molecular complexity index is 1290. The molecule has 0 fully saturated rings. The first-order valence-electron chi connectivity index (χ1n) is 9.91. The van der Waals surface area contributed by atoms with E-state index in [1.165, 1.54) is 17.0 Å². The predicted octanol–water partition coefficient (Wildman–Crippen LogP) is 5.83. The highest BCUT2D eigenvalue weighted by atomic mass is 19.1. The molecule has 5 rings (SSSR count). The largest absolute Gasteiger partial charge is 0.379 e. The molecule has 0 aliphatic carbocycles. The van der Waals surface area contributed by atoms with E-state index in [-0.39, 0.29) is 5.82 Å². The molecule has 2 aromatic heterocycles. The molecule has 148 valence electrons. The van der Waals surface area contributed by atoms with Crippen LogP contribution in [0.1, 0.15) is 11.3 Å². The molecule has 2 heterocycles. The van der Waals surface area contributed by atoms with Crippen LogP contribution >= 0.6 is 0 Å². The Kier molecular flexibility index (Phi) is 4.77. The average Bonchev–Trinajstić information content (AvgIpc) is 3.44.